The molecule has 132 valence electrons. The van der Waals surface area contributed by atoms with E-state index >= 15 is 0 Å². The minimum absolute atomic E-state index is 0.0582. The molecule has 2 atom stereocenters. The summed E-state index contributed by atoms with van der Waals surface area (Å²) in [6.07, 6.45) is 4.01. The zero-order chi connectivity index (χ0) is 17.6. The van der Waals surface area contributed by atoms with Gasteiger partial charge in [-0.25, -0.2) is 4.39 Å². The Labute approximate surface area is 145 Å². The maximum atomic E-state index is 14.2. The first-order chi connectivity index (χ1) is 12.2. The van der Waals surface area contributed by atoms with Gasteiger partial charge >= 0.3 is 0 Å². The number of halogens is 1. The molecule has 1 aromatic carbocycles. The summed E-state index contributed by atoms with van der Waals surface area (Å²) in [5, 5.41) is 2.76. The number of ether oxygens (including phenoxy) is 2. The molecule has 2 heterocycles. The molecule has 0 unspecified atom stereocenters. The first-order valence-corrected chi connectivity index (χ1v) is 8.15. The summed E-state index contributed by atoms with van der Waals surface area (Å²) in [5.74, 6) is -0.147. The van der Waals surface area contributed by atoms with E-state index in [-0.39, 0.29) is 24.3 Å². The van der Waals surface area contributed by atoms with E-state index in [0.29, 0.717) is 24.3 Å². The van der Waals surface area contributed by atoms with Gasteiger partial charge in [0.25, 0.3) is 0 Å². The molecule has 3 rings (SSSR count). The highest BCUT2D eigenvalue weighted by Crippen LogP contribution is 2.24. The third-order valence-electron chi connectivity index (χ3n) is 3.99. The van der Waals surface area contributed by atoms with Crippen molar-refractivity contribution in [3.63, 3.8) is 0 Å². The molecule has 1 amide bonds. The Morgan fingerprint density at radius 2 is 2.28 bits per heavy atom. The van der Waals surface area contributed by atoms with Crippen LogP contribution >= 0.6 is 0 Å². The quantitative estimate of drug-likeness (QED) is 0.838. The lowest BCUT2D eigenvalue weighted by molar-refractivity contribution is -0.132. The van der Waals surface area contributed by atoms with Gasteiger partial charge in [0.05, 0.1) is 12.3 Å². The standard InChI is InChI=1S/C18H20FN3O3/c19-15-8-12(3-5-16(15)25-14-2-1-7-21-11-14)10-22-18(23)17-6-4-13(9-20)24-17/h1-3,5,7-8,11,13,17H,4,6,9-10,20H2,(H,22,23)/t13-,17+/m1/s1. The Hall–Kier alpha value is -2.51. The lowest BCUT2D eigenvalue weighted by atomic mass is 10.1. The Balaban J connectivity index is 1.55. The highest BCUT2D eigenvalue weighted by atomic mass is 19.1. The normalized spacial score (nSPS) is 19.6. The van der Waals surface area contributed by atoms with Crippen LogP contribution in [0.25, 0.3) is 0 Å². The second-order valence-corrected chi connectivity index (χ2v) is 5.83. The Bertz CT molecular complexity index is 727. The summed E-state index contributed by atoms with van der Waals surface area (Å²) in [7, 11) is 0. The maximum absolute atomic E-state index is 14.2. The number of hydrogen-bond acceptors (Lipinski definition) is 5. The van der Waals surface area contributed by atoms with Gasteiger partial charge in [0, 0.05) is 19.3 Å². The van der Waals surface area contributed by atoms with Crippen molar-refractivity contribution in [2.24, 2.45) is 5.73 Å². The minimum Gasteiger partial charge on any atom is -0.453 e. The largest absolute Gasteiger partial charge is 0.453 e. The summed E-state index contributed by atoms with van der Waals surface area (Å²) in [6, 6.07) is 7.96. The molecule has 0 radical (unpaired) electrons. The van der Waals surface area contributed by atoms with Crippen molar-refractivity contribution >= 4 is 5.91 Å². The van der Waals surface area contributed by atoms with Gasteiger partial charge < -0.3 is 20.5 Å². The molecule has 25 heavy (non-hydrogen) atoms. The van der Waals surface area contributed by atoms with Gasteiger partial charge in [0.2, 0.25) is 5.91 Å². The van der Waals surface area contributed by atoms with Crippen LogP contribution in [0.4, 0.5) is 4.39 Å². The fraction of sp³-hybridized carbons (Fsp3) is 0.333. The molecule has 0 saturated carbocycles. The molecule has 1 aliphatic heterocycles. The molecular weight excluding hydrogens is 325 g/mol. The average Bonchev–Trinajstić information content (AvgIpc) is 3.12. The van der Waals surface area contributed by atoms with Crippen LogP contribution in [0.15, 0.2) is 42.7 Å². The van der Waals surface area contributed by atoms with Crippen LogP contribution < -0.4 is 15.8 Å². The van der Waals surface area contributed by atoms with Gasteiger partial charge in [-0.15, -0.1) is 0 Å². The zero-order valence-electron chi connectivity index (χ0n) is 13.7. The minimum atomic E-state index is -0.504. The van der Waals surface area contributed by atoms with E-state index in [1.807, 2.05) is 0 Å². The van der Waals surface area contributed by atoms with Crippen molar-refractivity contribution in [2.75, 3.05) is 6.54 Å². The number of amides is 1. The number of pyridine rings is 1. The molecule has 0 bridgehead atoms. The van der Waals surface area contributed by atoms with Gasteiger partial charge in [-0.1, -0.05) is 6.07 Å². The highest BCUT2D eigenvalue weighted by molar-refractivity contribution is 5.81. The third kappa shape index (κ3) is 4.52. The summed E-state index contributed by atoms with van der Waals surface area (Å²) in [4.78, 5) is 16.0. The number of carbonyl (C=O) groups excluding carboxylic acids is 1. The molecule has 1 fully saturated rings. The second kappa shape index (κ2) is 8.04. The number of benzene rings is 1. The Kier molecular flexibility index (Phi) is 5.57. The lowest BCUT2D eigenvalue weighted by Gasteiger charge is -2.13. The number of nitrogens with zero attached hydrogens (tertiary/aromatic N) is 1. The predicted octanol–water partition coefficient (Wildman–Crippen LogP) is 2.14. The number of carbonyl (C=O) groups is 1. The van der Waals surface area contributed by atoms with Gasteiger partial charge in [-0.3, -0.25) is 9.78 Å². The van der Waals surface area contributed by atoms with Crippen molar-refractivity contribution in [2.45, 2.75) is 31.6 Å². The summed E-state index contributed by atoms with van der Waals surface area (Å²) in [5.41, 5.74) is 6.17. The van der Waals surface area contributed by atoms with E-state index < -0.39 is 11.9 Å². The number of aromatic nitrogens is 1. The summed E-state index contributed by atoms with van der Waals surface area (Å²) >= 11 is 0. The molecule has 1 aliphatic rings. The second-order valence-electron chi connectivity index (χ2n) is 5.83. The fourth-order valence-electron chi connectivity index (χ4n) is 2.65. The van der Waals surface area contributed by atoms with Crippen LogP contribution in [0.2, 0.25) is 0 Å². The summed E-state index contributed by atoms with van der Waals surface area (Å²) < 4.78 is 25.1. The van der Waals surface area contributed by atoms with Crippen molar-refractivity contribution in [1.82, 2.24) is 10.3 Å². The van der Waals surface area contributed by atoms with Gasteiger partial charge in [0.1, 0.15) is 11.9 Å². The Morgan fingerprint density at radius 3 is 2.96 bits per heavy atom. The van der Waals surface area contributed by atoms with Gasteiger partial charge in [-0.05, 0) is 42.7 Å². The van der Waals surface area contributed by atoms with Crippen LogP contribution in [0.1, 0.15) is 18.4 Å². The van der Waals surface area contributed by atoms with Crippen molar-refractivity contribution in [3.05, 3.63) is 54.1 Å². The molecule has 1 saturated heterocycles. The van der Waals surface area contributed by atoms with E-state index in [4.69, 9.17) is 15.2 Å². The van der Waals surface area contributed by atoms with Crippen molar-refractivity contribution < 1.29 is 18.7 Å². The highest BCUT2D eigenvalue weighted by Gasteiger charge is 2.29. The number of nitrogens with one attached hydrogen (secondary N) is 1. The van der Waals surface area contributed by atoms with Crippen molar-refractivity contribution in [3.8, 4) is 11.5 Å². The molecule has 3 N–H and O–H groups in total. The SMILES string of the molecule is NC[C@H]1CC[C@@H](C(=O)NCc2ccc(Oc3cccnc3)c(F)c2)O1. The summed E-state index contributed by atoms with van der Waals surface area (Å²) in [6.45, 7) is 0.628. The maximum Gasteiger partial charge on any atom is 0.249 e. The molecule has 1 aromatic heterocycles. The molecule has 7 heteroatoms. The molecule has 0 spiro atoms. The van der Waals surface area contributed by atoms with Crippen LogP contribution in [-0.4, -0.2) is 29.6 Å². The first-order valence-electron chi connectivity index (χ1n) is 8.15. The fourth-order valence-corrected chi connectivity index (χ4v) is 2.65. The van der Waals surface area contributed by atoms with Crippen LogP contribution in [0.3, 0.4) is 0 Å². The number of nitrogens with two attached hydrogens (primary N) is 1. The lowest BCUT2D eigenvalue weighted by Crippen LogP contribution is -2.35. The topological polar surface area (TPSA) is 86.5 Å². The van der Waals surface area contributed by atoms with Crippen LogP contribution in [0, 0.1) is 5.82 Å². The van der Waals surface area contributed by atoms with E-state index in [2.05, 4.69) is 10.3 Å². The van der Waals surface area contributed by atoms with E-state index in [9.17, 15) is 9.18 Å². The molecule has 6 nitrogen and oxygen atoms in total. The van der Waals surface area contributed by atoms with E-state index in [0.717, 1.165) is 6.42 Å². The number of hydrogen-bond donors (Lipinski definition) is 2. The van der Waals surface area contributed by atoms with Gasteiger partial charge in [0.15, 0.2) is 11.6 Å². The number of rotatable bonds is 6. The van der Waals surface area contributed by atoms with E-state index in [1.54, 1.807) is 24.4 Å². The van der Waals surface area contributed by atoms with E-state index in [1.165, 1.54) is 18.3 Å². The predicted molar refractivity (Wildman–Crippen MR) is 89.5 cm³/mol. The van der Waals surface area contributed by atoms with Crippen molar-refractivity contribution in [1.29, 1.82) is 0 Å². The zero-order valence-corrected chi connectivity index (χ0v) is 13.7. The monoisotopic (exact) mass is 345 g/mol. The third-order valence-corrected chi connectivity index (χ3v) is 3.99. The Morgan fingerprint density at radius 1 is 1.40 bits per heavy atom. The average molecular weight is 345 g/mol. The van der Waals surface area contributed by atoms with Crippen LogP contribution in [0.5, 0.6) is 11.5 Å². The van der Waals surface area contributed by atoms with Crippen LogP contribution in [-0.2, 0) is 16.1 Å². The molecule has 0 aliphatic carbocycles. The smallest absolute Gasteiger partial charge is 0.249 e. The molecular formula is C18H20FN3O3. The first kappa shape index (κ1) is 17.3. The molecule has 2 aromatic rings. The van der Waals surface area contributed by atoms with Gasteiger partial charge in [-0.2, -0.15) is 0 Å².